The van der Waals surface area contributed by atoms with Gasteiger partial charge in [0, 0.05) is 13.2 Å². The van der Waals surface area contributed by atoms with E-state index in [-0.39, 0.29) is 17.5 Å². The fourth-order valence-electron chi connectivity index (χ4n) is 3.80. The average Bonchev–Trinajstić information content (AvgIpc) is 3.23. The molecule has 0 saturated heterocycles. The first kappa shape index (κ1) is 17.7. The van der Waals surface area contributed by atoms with Gasteiger partial charge in [0.15, 0.2) is 11.3 Å². The number of benzene rings is 2. The maximum Gasteiger partial charge on any atom is 0.357 e. The van der Waals surface area contributed by atoms with Crippen molar-refractivity contribution in [3.05, 3.63) is 77.6 Å². The molecule has 0 saturated carbocycles. The summed E-state index contributed by atoms with van der Waals surface area (Å²) in [5.41, 5.74) is 2.69. The Labute approximate surface area is 170 Å². The molecule has 8 nitrogen and oxygen atoms in total. The number of rotatable bonds is 3. The summed E-state index contributed by atoms with van der Waals surface area (Å²) in [4.78, 5) is 42.7. The number of amides is 2. The number of aromatic nitrogens is 3. The number of carboxylic acids is 1. The predicted molar refractivity (Wildman–Crippen MR) is 108 cm³/mol. The number of anilines is 1. The first-order valence-electron chi connectivity index (χ1n) is 9.10. The number of fused-ring (bicyclic) bond motifs is 2. The zero-order valence-electron chi connectivity index (χ0n) is 15.7. The molecule has 2 amide bonds. The molecule has 146 valence electrons. The van der Waals surface area contributed by atoms with Crippen LogP contribution in [0, 0.1) is 0 Å². The van der Waals surface area contributed by atoms with Gasteiger partial charge in [-0.05, 0) is 41.5 Å². The molecule has 4 aromatic rings. The quantitative estimate of drug-likeness (QED) is 0.532. The lowest BCUT2D eigenvalue weighted by Gasteiger charge is -2.15. The molecule has 0 radical (unpaired) electrons. The molecule has 3 heterocycles. The highest BCUT2D eigenvalue weighted by atomic mass is 16.4. The molecule has 1 aliphatic heterocycles. The minimum absolute atomic E-state index is 0.110. The second kappa shape index (κ2) is 6.35. The second-order valence-electron chi connectivity index (χ2n) is 6.88. The Morgan fingerprint density at radius 2 is 1.63 bits per heavy atom. The number of pyridine rings is 1. The van der Waals surface area contributed by atoms with E-state index in [1.807, 2.05) is 0 Å². The highest BCUT2D eigenvalue weighted by molar-refractivity contribution is 6.34. The molecular formula is C22H14N4O4. The van der Waals surface area contributed by atoms with Crippen molar-refractivity contribution in [2.75, 3.05) is 4.90 Å². The summed E-state index contributed by atoms with van der Waals surface area (Å²) in [6.45, 7) is 0. The van der Waals surface area contributed by atoms with Crippen molar-refractivity contribution >= 4 is 34.5 Å². The van der Waals surface area contributed by atoms with E-state index < -0.39 is 5.97 Å². The number of nitrogens with zero attached hydrogens (tertiary/aromatic N) is 4. The second-order valence-corrected chi connectivity index (χ2v) is 6.88. The van der Waals surface area contributed by atoms with Crippen molar-refractivity contribution < 1.29 is 19.5 Å². The molecule has 1 N–H and O–H groups in total. The lowest BCUT2D eigenvalue weighted by molar-refractivity contribution is 0.0691. The highest BCUT2D eigenvalue weighted by Crippen LogP contribution is 2.34. The van der Waals surface area contributed by atoms with Gasteiger partial charge in [-0.2, -0.15) is 5.10 Å². The molecule has 30 heavy (non-hydrogen) atoms. The SMILES string of the molecule is Cn1nc(C(=O)O)c2c(-c3cccc(N4C(=O)c5ccccc5C4=O)c3)ccnc21. The van der Waals surface area contributed by atoms with Crippen molar-refractivity contribution in [2.24, 2.45) is 7.05 Å². The summed E-state index contributed by atoms with van der Waals surface area (Å²) >= 11 is 0. The zero-order valence-corrected chi connectivity index (χ0v) is 15.7. The van der Waals surface area contributed by atoms with Crippen LogP contribution in [0.1, 0.15) is 31.2 Å². The third-order valence-corrected chi connectivity index (χ3v) is 5.14. The summed E-state index contributed by atoms with van der Waals surface area (Å²) in [6, 6.07) is 15.2. The maximum absolute atomic E-state index is 12.8. The summed E-state index contributed by atoms with van der Waals surface area (Å²) in [7, 11) is 1.63. The van der Waals surface area contributed by atoms with Crippen molar-refractivity contribution in [3.63, 3.8) is 0 Å². The standard InChI is InChI=1S/C22H14N4O4/c1-25-19-17(18(24-25)22(29)30)14(9-10-23-19)12-5-4-6-13(11-12)26-20(27)15-7-2-3-8-16(15)21(26)28/h2-11H,1H3,(H,29,30). The molecular weight excluding hydrogens is 384 g/mol. The molecule has 8 heteroatoms. The van der Waals surface area contributed by atoms with E-state index in [0.29, 0.717) is 39.0 Å². The highest BCUT2D eigenvalue weighted by Gasteiger charge is 2.36. The summed E-state index contributed by atoms with van der Waals surface area (Å²) in [5, 5.41) is 14.0. The Hall–Kier alpha value is -4.33. The van der Waals surface area contributed by atoms with Gasteiger partial charge < -0.3 is 5.11 Å². The van der Waals surface area contributed by atoms with E-state index in [1.165, 1.54) is 4.68 Å². The van der Waals surface area contributed by atoms with Gasteiger partial charge in [-0.3, -0.25) is 9.59 Å². The maximum atomic E-state index is 12.8. The monoisotopic (exact) mass is 398 g/mol. The van der Waals surface area contributed by atoms with Crippen molar-refractivity contribution in [3.8, 4) is 11.1 Å². The van der Waals surface area contributed by atoms with Crippen LogP contribution in [0.3, 0.4) is 0 Å². The number of imide groups is 1. The Kier molecular flexibility index (Phi) is 3.75. The van der Waals surface area contributed by atoms with Crippen LogP contribution >= 0.6 is 0 Å². The lowest BCUT2D eigenvalue weighted by atomic mass is 10.0. The molecule has 0 atom stereocenters. The number of aryl methyl sites for hydroxylation is 1. The zero-order chi connectivity index (χ0) is 21.0. The minimum atomic E-state index is -1.16. The van der Waals surface area contributed by atoms with Gasteiger partial charge in [0.2, 0.25) is 0 Å². The number of hydrogen-bond donors (Lipinski definition) is 1. The molecule has 2 aromatic heterocycles. The molecule has 2 aromatic carbocycles. The number of carboxylic acid groups (broad SMARTS) is 1. The number of carbonyl (C=O) groups excluding carboxylic acids is 2. The van der Waals surface area contributed by atoms with E-state index in [2.05, 4.69) is 10.1 Å². The smallest absolute Gasteiger partial charge is 0.357 e. The van der Waals surface area contributed by atoms with E-state index in [9.17, 15) is 19.5 Å². The first-order valence-corrected chi connectivity index (χ1v) is 9.10. The number of aromatic carboxylic acids is 1. The normalized spacial score (nSPS) is 13.2. The Morgan fingerprint density at radius 3 is 2.30 bits per heavy atom. The first-order chi connectivity index (χ1) is 14.5. The molecule has 0 bridgehead atoms. The summed E-state index contributed by atoms with van der Waals surface area (Å²) < 4.78 is 1.41. The van der Waals surface area contributed by atoms with Gasteiger partial charge in [-0.1, -0.05) is 24.3 Å². The molecule has 0 spiro atoms. The predicted octanol–water partition coefficient (Wildman–Crippen LogP) is 3.13. The van der Waals surface area contributed by atoms with Crippen molar-refractivity contribution in [2.45, 2.75) is 0 Å². The molecule has 5 rings (SSSR count). The van der Waals surface area contributed by atoms with Crippen LogP contribution in [0.5, 0.6) is 0 Å². The third kappa shape index (κ3) is 2.44. The van der Waals surface area contributed by atoms with Crippen molar-refractivity contribution in [1.29, 1.82) is 0 Å². The summed E-state index contributed by atoms with van der Waals surface area (Å²) in [6.07, 6.45) is 1.57. The van der Waals surface area contributed by atoms with Crippen LogP contribution in [0.2, 0.25) is 0 Å². The van der Waals surface area contributed by atoms with Gasteiger partial charge in [0.05, 0.1) is 22.2 Å². The molecule has 0 aliphatic carbocycles. The van der Waals surface area contributed by atoms with Gasteiger partial charge in [-0.15, -0.1) is 0 Å². The van der Waals surface area contributed by atoms with Crippen LogP contribution in [0.15, 0.2) is 60.8 Å². The molecule has 1 aliphatic rings. The fourth-order valence-corrected chi connectivity index (χ4v) is 3.80. The third-order valence-electron chi connectivity index (χ3n) is 5.14. The van der Waals surface area contributed by atoms with Crippen LogP contribution in [-0.4, -0.2) is 37.7 Å². The fraction of sp³-hybridized carbons (Fsp3) is 0.0455. The van der Waals surface area contributed by atoms with Gasteiger partial charge in [0.1, 0.15) is 0 Å². The van der Waals surface area contributed by atoms with Crippen LogP contribution in [0.25, 0.3) is 22.2 Å². The van der Waals surface area contributed by atoms with E-state index in [0.717, 1.165) is 4.90 Å². The number of carbonyl (C=O) groups is 3. The topological polar surface area (TPSA) is 105 Å². The average molecular weight is 398 g/mol. The minimum Gasteiger partial charge on any atom is -0.476 e. The molecule has 0 unspecified atom stereocenters. The van der Waals surface area contributed by atoms with E-state index in [4.69, 9.17) is 0 Å². The van der Waals surface area contributed by atoms with E-state index >= 15 is 0 Å². The van der Waals surface area contributed by atoms with E-state index in [1.54, 1.807) is 67.8 Å². The Balaban J connectivity index is 1.67. The van der Waals surface area contributed by atoms with Crippen LogP contribution in [-0.2, 0) is 7.05 Å². The van der Waals surface area contributed by atoms with Crippen molar-refractivity contribution in [1.82, 2.24) is 14.8 Å². The van der Waals surface area contributed by atoms with Gasteiger partial charge in [-0.25, -0.2) is 19.4 Å². The Morgan fingerprint density at radius 1 is 0.933 bits per heavy atom. The van der Waals surface area contributed by atoms with Gasteiger partial charge >= 0.3 is 5.97 Å². The largest absolute Gasteiger partial charge is 0.476 e. The lowest BCUT2D eigenvalue weighted by Crippen LogP contribution is -2.29. The van der Waals surface area contributed by atoms with Gasteiger partial charge in [0.25, 0.3) is 11.8 Å². The van der Waals surface area contributed by atoms with Crippen LogP contribution < -0.4 is 4.90 Å². The van der Waals surface area contributed by atoms with Crippen LogP contribution in [0.4, 0.5) is 5.69 Å². The number of hydrogen-bond acceptors (Lipinski definition) is 5. The summed E-state index contributed by atoms with van der Waals surface area (Å²) in [5.74, 6) is -1.94. The molecule has 0 fully saturated rings. The Bertz CT molecular complexity index is 1350.